The van der Waals surface area contributed by atoms with Gasteiger partial charge in [-0.15, -0.1) is 0 Å². The number of aryl methyl sites for hydroxylation is 2. The highest BCUT2D eigenvalue weighted by Gasteiger charge is 2.39. The van der Waals surface area contributed by atoms with Crippen molar-refractivity contribution in [1.82, 2.24) is 15.5 Å². The SMILES string of the molecule is CCC(CC)C(=O)N1CCC(NC(=O)NCC2(c3ccc(C)c(C)c3)CCC2)CC1. The molecule has 3 amide bonds. The van der Waals surface area contributed by atoms with Crippen molar-refractivity contribution in [3.05, 3.63) is 34.9 Å². The Labute approximate surface area is 182 Å². The molecule has 0 bridgehead atoms. The number of urea groups is 1. The van der Waals surface area contributed by atoms with Crippen LogP contribution < -0.4 is 10.6 Å². The van der Waals surface area contributed by atoms with Crippen molar-refractivity contribution >= 4 is 11.9 Å². The van der Waals surface area contributed by atoms with Crippen LogP contribution in [0.3, 0.4) is 0 Å². The topological polar surface area (TPSA) is 61.4 Å². The maximum Gasteiger partial charge on any atom is 0.315 e. The van der Waals surface area contributed by atoms with E-state index < -0.39 is 0 Å². The Hall–Kier alpha value is -2.04. The normalized spacial score (nSPS) is 18.8. The molecule has 1 aliphatic heterocycles. The van der Waals surface area contributed by atoms with Gasteiger partial charge in [0.15, 0.2) is 0 Å². The third-order valence-corrected chi connectivity index (χ3v) is 7.49. The van der Waals surface area contributed by atoms with E-state index in [4.69, 9.17) is 0 Å². The Balaban J connectivity index is 1.47. The van der Waals surface area contributed by atoms with E-state index in [1.54, 1.807) is 0 Å². The summed E-state index contributed by atoms with van der Waals surface area (Å²) in [6.07, 6.45) is 6.96. The van der Waals surface area contributed by atoms with Gasteiger partial charge in [-0.05, 0) is 69.1 Å². The fraction of sp³-hybridized carbons (Fsp3) is 0.680. The predicted octanol–water partition coefficient (Wildman–Crippen LogP) is 4.45. The van der Waals surface area contributed by atoms with Crippen LogP contribution in [0.1, 0.15) is 75.5 Å². The first-order chi connectivity index (χ1) is 14.4. The summed E-state index contributed by atoms with van der Waals surface area (Å²) in [5, 5.41) is 6.29. The van der Waals surface area contributed by atoms with Crippen molar-refractivity contribution in [1.29, 1.82) is 0 Å². The molecule has 2 N–H and O–H groups in total. The molecular formula is C25H39N3O2. The Morgan fingerprint density at radius 1 is 1.10 bits per heavy atom. The summed E-state index contributed by atoms with van der Waals surface area (Å²) in [7, 11) is 0. The van der Waals surface area contributed by atoms with E-state index >= 15 is 0 Å². The second-order valence-corrected chi connectivity index (χ2v) is 9.37. The van der Waals surface area contributed by atoms with Gasteiger partial charge >= 0.3 is 6.03 Å². The molecule has 1 saturated heterocycles. The molecule has 166 valence electrons. The molecule has 0 radical (unpaired) electrons. The smallest absolute Gasteiger partial charge is 0.315 e. The number of rotatable bonds is 7. The maximum atomic E-state index is 12.6. The van der Waals surface area contributed by atoms with Gasteiger partial charge in [0, 0.05) is 37.0 Å². The maximum absolute atomic E-state index is 12.6. The van der Waals surface area contributed by atoms with Crippen molar-refractivity contribution in [2.75, 3.05) is 19.6 Å². The van der Waals surface area contributed by atoms with Crippen LogP contribution in [0, 0.1) is 19.8 Å². The summed E-state index contributed by atoms with van der Waals surface area (Å²) in [5.41, 5.74) is 4.07. The van der Waals surface area contributed by atoms with Crippen LogP contribution in [0.4, 0.5) is 4.79 Å². The predicted molar refractivity (Wildman–Crippen MR) is 122 cm³/mol. The number of hydrogen-bond donors (Lipinski definition) is 2. The fourth-order valence-electron chi connectivity index (χ4n) is 4.87. The number of likely N-dealkylation sites (tertiary alicyclic amines) is 1. The van der Waals surface area contributed by atoms with Crippen LogP contribution in [0.2, 0.25) is 0 Å². The molecule has 5 heteroatoms. The minimum atomic E-state index is -0.0742. The van der Waals surface area contributed by atoms with Gasteiger partial charge in [-0.1, -0.05) is 38.5 Å². The van der Waals surface area contributed by atoms with Gasteiger partial charge in [-0.25, -0.2) is 4.79 Å². The molecule has 30 heavy (non-hydrogen) atoms. The van der Waals surface area contributed by atoms with Gasteiger partial charge in [0.2, 0.25) is 5.91 Å². The van der Waals surface area contributed by atoms with Gasteiger partial charge in [0.1, 0.15) is 0 Å². The number of nitrogens with one attached hydrogen (secondary N) is 2. The summed E-state index contributed by atoms with van der Waals surface area (Å²) in [4.78, 5) is 27.1. The number of amides is 3. The number of carbonyl (C=O) groups is 2. The molecule has 0 aromatic heterocycles. The number of carbonyl (C=O) groups excluding carboxylic acids is 2. The van der Waals surface area contributed by atoms with Crippen molar-refractivity contribution in [2.24, 2.45) is 5.92 Å². The average molecular weight is 414 g/mol. The number of nitrogens with zero attached hydrogens (tertiary/aromatic N) is 1. The largest absolute Gasteiger partial charge is 0.342 e. The van der Waals surface area contributed by atoms with Gasteiger partial charge in [0.25, 0.3) is 0 Å². The van der Waals surface area contributed by atoms with Gasteiger partial charge in [0.05, 0.1) is 0 Å². The van der Waals surface area contributed by atoms with Crippen molar-refractivity contribution in [2.45, 2.75) is 84.1 Å². The molecule has 1 aromatic carbocycles. The van der Waals surface area contributed by atoms with E-state index in [9.17, 15) is 9.59 Å². The van der Waals surface area contributed by atoms with E-state index in [1.165, 1.54) is 23.1 Å². The molecule has 1 heterocycles. The highest BCUT2D eigenvalue weighted by atomic mass is 16.2. The first-order valence-corrected chi connectivity index (χ1v) is 11.8. The van der Waals surface area contributed by atoms with E-state index in [2.05, 4.69) is 56.5 Å². The molecule has 1 aliphatic carbocycles. The van der Waals surface area contributed by atoms with Crippen LogP contribution in [0.15, 0.2) is 18.2 Å². The standard InChI is InChI=1S/C25H39N3O2/c1-5-20(6-2)23(29)28-14-10-22(11-15-28)27-24(30)26-17-25(12-7-13-25)21-9-8-18(3)19(4)16-21/h8-9,16,20,22H,5-7,10-15,17H2,1-4H3,(H2,26,27,30). The molecular weight excluding hydrogens is 374 g/mol. The zero-order valence-electron chi connectivity index (χ0n) is 19.2. The second-order valence-electron chi connectivity index (χ2n) is 9.37. The van der Waals surface area contributed by atoms with E-state index in [0.29, 0.717) is 6.54 Å². The summed E-state index contributed by atoms with van der Waals surface area (Å²) in [6, 6.07) is 6.79. The Bertz CT molecular complexity index is 745. The molecule has 5 nitrogen and oxygen atoms in total. The van der Waals surface area contributed by atoms with Gasteiger partial charge in [-0.2, -0.15) is 0 Å². The van der Waals surface area contributed by atoms with Crippen molar-refractivity contribution in [3.8, 4) is 0 Å². The minimum Gasteiger partial charge on any atom is -0.342 e. The van der Waals surface area contributed by atoms with Gasteiger partial charge < -0.3 is 15.5 Å². The van der Waals surface area contributed by atoms with E-state index in [-0.39, 0.29) is 29.3 Å². The fourth-order valence-corrected chi connectivity index (χ4v) is 4.87. The summed E-state index contributed by atoms with van der Waals surface area (Å²) >= 11 is 0. The van der Waals surface area contributed by atoms with E-state index in [0.717, 1.165) is 51.6 Å². The highest BCUT2D eigenvalue weighted by Crippen LogP contribution is 2.43. The quantitative estimate of drug-likeness (QED) is 0.694. The number of hydrogen-bond acceptors (Lipinski definition) is 2. The van der Waals surface area contributed by atoms with Crippen LogP contribution in [-0.4, -0.2) is 42.5 Å². The monoisotopic (exact) mass is 413 g/mol. The van der Waals surface area contributed by atoms with Crippen LogP contribution in [-0.2, 0) is 10.2 Å². The first kappa shape index (κ1) is 22.6. The molecule has 0 spiro atoms. The molecule has 0 atom stereocenters. The average Bonchev–Trinajstić information content (AvgIpc) is 2.71. The Morgan fingerprint density at radius 3 is 2.30 bits per heavy atom. The summed E-state index contributed by atoms with van der Waals surface area (Å²) in [6.45, 7) is 10.6. The zero-order chi connectivity index (χ0) is 21.7. The van der Waals surface area contributed by atoms with Crippen LogP contribution >= 0.6 is 0 Å². The molecule has 2 aliphatic rings. The highest BCUT2D eigenvalue weighted by molar-refractivity contribution is 5.79. The summed E-state index contributed by atoms with van der Waals surface area (Å²) in [5.74, 6) is 0.421. The Morgan fingerprint density at radius 2 is 1.77 bits per heavy atom. The lowest BCUT2D eigenvalue weighted by Crippen LogP contribution is -2.52. The number of benzene rings is 1. The van der Waals surface area contributed by atoms with Crippen LogP contribution in [0.25, 0.3) is 0 Å². The number of piperidine rings is 1. The third-order valence-electron chi connectivity index (χ3n) is 7.49. The van der Waals surface area contributed by atoms with Gasteiger partial charge in [-0.3, -0.25) is 4.79 Å². The van der Waals surface area contributed by atoms with Crippen molar-refractivity contribution in [3.63, 3.8) is 0 Å². The molecule has 2 fully saturated rings. The lowest BCUT2D eigenvalue weighted by molar-refractivity contribution is -0.136. The first-order valence-electron chi connectivity index (χ1n) is 11.8. The molecule has 3 rings (SSSR count). The minimum absolute atomic E-state index is 0.0742. The third kappa shape index (κ3) is 4.98. The molecule has 1 saturated carbocycles. The zero-order valence-corrected chi connectivity index (χ0v) is 19.2. The van der Waals surface area contributed by atoms with Crippen LogP contribution in [0.5, 0.6) is 0 Å². The molecule has 0 unspecified atom stereocenters. The summed E-state index contributed by atoms with van der Waals surface area (Å²) < 4.78 is 0. The molecule has 1 aromatic rings. The lowest BCUT2D eigenvalue weighted by Gasteiger charge is -2.43. The van der Waals surface area contributed by atoms with Crippen molar-refractivity contribution < 1.29 is 9.59 Å². The second kappa shape index (κ2) is 9.84. The Kier molecular flexibility index (Phi) is 7.43. The van der Waals surface area contributed by atoms with E-state index in [1.807, 2.05) is 4.90 Å². The lowest BCUT2D eigenvalue weighted by atomic mass is 9.64.